The lowest BCUT2D eigenvalue weighted by molar-refractivity contribution is 0.0938. The summed E-state index contributed by atoms with van der Waals surface area (Å²) in [6, 6.07) is 3.97. The van der Waals surface area contributed by atoms with E-state index in [0.717, 1.165) is 44.0 Å². The van der Waals surface area contributed by atoms with Gasteiger partial charge in [0.15, 0.2) is 0 Å². The molecule has 1 amide bonds. The number of nitrogens with one attached hydrogen (secondary N) is 2. The Labute approximate surface area is 120 Å². The van der Waals surface area contributed by atoms with Crippen LogP contribution in [0.5, 0.6) is 0 Å². The van der Waals surface area contributed by atoms with Gasteiger partial charge < -0.3 is 15.5 Å². The Morgan fingerprint density at radius 2 is 2.25 bits per heavy atom. The molecule has 1 saturated heterocycles. The highest BCUT2D eigenvalue weighted by molar-refractivity contribution is 5.95. The summed E-state index contributed by atoms with van der Waals surface area (Å²) in [5.41, 5.74) is 1.64. The summed E-state index contributed by atoms with van der Waals surface area (Å²) in [4.78, 5) is 19.1. The Balaban J connectivity index is 2.09. The molecule has 20 heavy (non-hydrogen) atoms. The summed E-state index contributed by atoms with van der Waals surface area (Å²) in [5.74, 6) is 0.780. The molecule has 1 fully saturated rings. The number of anilines is 1. The van der Waals surface area contributed by atoms with Crippen molar-refractivity contribution < 1.29 is 4.79 Å². The van der Waals surface area contributed by atoms with Gasteiger partial charge in [-0.3, -0.25) is 4.79 Å². The van der Waals surface area contributed by atoms with Gasteiger partial charge in [-0.25, -0.2) is 4.98 Å². The Bertz CT molecular complexity index is 475. The van der Waals surface area contributed by atoms with Crippen LogP contribution in [0.25, 0.3) is 0 Å². The first-order valence-corrected chi connectivity index (χ1v) is 7.36. The van der Waals surface area contributed by atoms with Gasteiger partial charge in [0.1, 0.15) is 5.82 Å². The number of rotatable bonds is 5. The van der Waals surface area contributed by atoms with Crippen molar-refractivity contribution in [3.05, 3.63) is 23.4 Å². The zero-order valence-corrected chi connectivity index (χ0v) is 12.6. The normalized spacial score (nSPS) is 19.1. The first-order valence-electron chi connectivity index (χ1n) is 7.36. The van der Waals surface area contributed by atoms with Gasteiger partial charge in [-0.1, -0.05) is 6.92 Å². The van der Waals surface area contributed by atoms with Crippen LogP contribution in [0.4, 0.5) is 5.82 Å². The second-order valence-corrected chi connectivity index (χ2v) is 5.34. The summed E-state index contributed by atoms with van der Waals surface area (Å²) in [6.07, 6.45) is 1.85. The highest BCUT2D eigenvalue weighted by Crippen LogP contribution is 2.13. The third kappa shape index (κ3) is 3.70. The third-order valence-corrected chi connectivity index (χ3v) is 3.59. The van der Waals surface area contributed by atoms with Gasteiger partial charge in [-0.15, -0.1) is 0 Å². The summed E-state index contributed by atoms with van der Waals surface area (Å²) in [5, 5.41) is 6.29. The van der Waals surface area contributed by atoms with E-state index in [2.05, 4.69) is 27.6 Å². The summed E-state index contributed by atoms with van der Waals surface area (Å²) >= 11 is 0. The smallest absolute Gasteiger partial charge is 0.251 e. The molecule has 1 aliphatic heterocycles. The minimum atomic E-state index is 0.00144. The molecule has 2 N–H and O–H groups in total. The molecule has 1 aromatic heterocycles. The number of hydrogen-bond donors (Lipinski definition) is 2. The fourth-order valence-electron chi connectivity index (χ4n) is 2.49. The Kier molecular flexibility index (Phi) is 4.95. The summed E-state index contributed by atoms with van der Waals surface area (Å²) in [6.45, 7) is 6.84. The molecule has 0 bridgehead atoms. The molecule has 1 unspecified atom stereocenters. The average Bonchev–Trinajstić information content (AvgIpc) is 2.84. The molecule has 1 aliphatic rings. The molecule has 1 atom stereocenters. The SMILES string of the molecule is CCNc1cc(C(=O)NC2CCN(C)C2)cc(CC)n1. The quantitative estimate of drug-likeness (QED) is 0.856. The zero-order chi connectivity index (χ0) is 14.5. The summed E-state index contributed by atoms with van der Waals surface area (Å²) < 4.78 is 0. The van der Waals surface area contributed by atoms with Crippen LogP contribution in [0, 0.1) is 0 Å². The minimum absolute atomic E-state index is 0.00144. The first-order chi connectivity index (χ1) is 9.62. The van der Waals surface area contributed by atoms with Gasteiger partial charge in [0.25, 0.3) is 5.91 Å². The van der Waals surface area contributed by atoms with Crippen LogP contribution in [-0.4, -0.2) is 48.5 Å². The number of aryl methyl sites for hydroxylation is 1. The minimum Gasteiger partial charge on any atom is -0.370 e. The van der Waals surface area contributed by atoms with Gasteiger partial charge in [0.2, 0.25) is 0 Å². The molecular formula is C15H24N4O. The number of carbonyl (C=O) groups is 1. The molecule has 0 spiro atoms. The lowest BCUT2D eigenvalue weighted by Crippen LogP contribution is -2.36. The number of pyridine rings is 1. The van der Waals surface area contributed by atoms with Crippen molar-refractivity contribution in [2.45, 2.75) is 32.7 Å². The summed E-state index contributed by atoms with van der Waals surface area (Å²) in [7, 11) is 2.08. The van der Waals surface area contributed by atoms with Crippen molar-refractivity contribution in [3.8, 4) is 0 Å². The topological polar surface area (TPSA) is 57.3 Å². The van der Waals surface area contributed by atoms with Crippen molar-refractivity contribution in [1.82, 2.24) is 15.2 Å². The van der Waals surface area contributed by atoms with Crippen LogP contribution in [0.15, 0.2) is 12.1 Å². The van der Waals surface area contributed by atoms with Crippen molar-refractivity contribution >= 4 is 11.7 Å². The first kappa shape index (κ1) is 14.8. The molecule has 5 nitrogen and oxygen atoms in total. The van der Waals surface area contributed by atoms with Crippen molar-refractivity contribution in [2.24, 2.45) is 0 Å². The fraction of sp³-hybridized carbons (Fsp3) is 0.600. The second kappa shape index (κ2) is 6.70. The number of likely N-dealkylation sites (N-methyl/N-ethyl adjacent to an activating group) is 1. The zero-order valence-electron chi connectivity index (χ0n) is 12.6. The van der Waals surface area contributed by atoms with Crippen LogP contribution >= 0.6 is 0 Å². The molecule has 0 radical (unpaired) electrons. The molecule has 2 rings (SSSR count). The third-order valence-electron chi connectivity index (χ3n) is 3.59. The van der Waals surface area contributed by atoms with E-state index in [1.54, 1.807) is 0 Å². The molecule has 0 aromatic carbocycles. The van der Waals surface area contributed by atoms with E-state index in [-0.39, 0.29) is 11.9 Å². The number of amides is 1. The Morgan fingerprint density at radius 3 is 2.85 bits per heavy atom. The van der Waals surface area contributed by atoms with E-state index in [1.807, 2.05) is 26.0 Å². The maximum absolute atomic E-state index is 12.3. The van der Waals surface area contributed by atoms with Crippen molar-refractivity contribution in [1.29, 1.82) is 0 Å². The van der Waals surface area contributed by atoms with E-state index in [0.29, 0.717) is 5.56 Å². The monoisotopic (exact) mass is 276 g/mol. The average molecular weight is 276 g/mol. The van der Waals surface area contributed by atoms with E-state index in [1.165, 1.54) is 0 Å². The highest BCUT2D eigenvalue weighted by Gasteiger charge is 2.21. The number of hydrogen-bond acceptors (Lipinski definition) is 4. The lowest BCUT2D eigenvalue weighted by atomic mass is 10.1. The van der Waals surface area contributed by atoms with Gasteiger partial charge >= 0.3 is 0 Å². The van der Waals surface area contributed by atoms with E-state index in [9.17, 15) is 4.79 Å². The lowest BCUT2D eigenvalue weighted by Gasteiger charge is -2.14. The number of likely N-dealkylation sites (tertiary alicyclic amines) is 1. The van der Waals surface area contributed by atoms with Crippen LogP contribution in [-0.2, 0) is 6.42 Å². The predicted octanol–water partition coefficient (Wildman–Crippen LogP) is 1.51. The van der Waals surface area contributed by atoms with E-state index in [4.69, 9.17) is 0 Å². The van der Waals surface area contributed by atoms with Crippen LogP contribution < -0.4 is 10.6 Å². The maximum Gasteiger partial charge on any atom is 0.251 e. The predicted molar refractivity (Wildman–Crippen MR) is 81.1 cm³/mol. The van der Waals surface area contributed by atoms with Crippen molar-refractivity contribution in [2.75, 3.05) is 32.0 Å². The molecule has 110 valence electrons. The van der Waals surface area contributed by atoms with Gasteiger partial charge in [0, 0.05) is 30.4 Å². The van der Waals surface area contributed by atoms with Crippen LogP contribution in [0.1, 0.15) is 36.3 Å². The Hall–Kier alpha value is -1.62. The van der Waals surface area contributed by atoms with E-state index < -0.39 is 0 Å². The molecule has 0 aliphatic carbocycles. The number of carbonyl (C=O) groups excluding carboxylic acids is 1. The highest BCUT2D eigenvalue weighted by atomic mass is 16.1. The second-order valence-electron chi connectivity index (χ2n) is 5.34. The largest absolute Gasteiger partial charge is 0.370 e. The molecule has 1 aromatic rings. The van der Waals surface area contributed by atoms with Gasteiger partial charge in [0.05, 0.1) is 0 Å². The van der Waals surface area contributed by atoms with Crippen molar-refractivity contribution in [3.63, 3.8) is 0 Å². The number of nitrogens with zero attached hydrogens (tertiary/aromatic N) is 2. The molecule has 0 saturated carbocycles. The number of aromatic nitrogens is 1. The standard InChI is InChI=1S/C15H24N4O/c1-4-12-8-11(9-14(17-12)16-5-2)15(20)18-13-6-7-19(3)10-13/h8-9,13H,4-7,10H2,1-3H3,(H,16,17)(H,18,20). The molecule has 5 heteroatoms. The maximum atomic E-state index is 12.3. The Morgan fingerprint density at radius 1 is 1.45 bits per heavy atom. The molecular weight excluding hydrogens is 252 g/mol. The fourth-order valence-corrected chi connectivity index (χ4v) is 2.49. The molecule has 2 heterocycles. The van der Waals surface area contributed by atoms with Crippen LogP contribution in [0.2, 0.25) is 0 Å². The van der Waals surface area contributed by atoms with Crippen LogP contribution in [0.3, 0.4) is 0 Å². The van der Waals surface area contributed by atoms with Gasteiger partial charge in [-0.05, 0) is 45.5 Å². The van der Waals surface area contributed by atoms with Gasteiger partial charge in [-0.2, -0.15) is 0 Å². The van der Waals surface area contributed by atoms with E-state index >= 15 is 0 Å².